The second-order valence-electron chi connectivity index (χ2n) is 3.49. The number of hydrogen-bond acceptors (Lipinski definition) is 6. The zero-order valence-electron chi connectivity index (χ0n) is 9.48. The minimum absolute atomic E-state index is 0.0203. The largest absolute Gasteiger partial charge is 0.414 e. The lowest BCUT2D eigenvalue weighted by Gasteiger charge is -2.10. The normalized spacial score (nSPS) is 13.4. The minimum Gasteiger partial charge on any atom is -0.414 e. The molecule has 0 aliphatic rings. The van der Waals surface area contributed by atoms with Crippen molar-refractivity contribution in [3.63, 3.8) is 0 Å². The van der Waals surface area contributed by atoms with Crippen LogP contribution in [0.15, 0.2) is 40.0 Å². The van der Waals surface area contributed by atoms with E-state index in [0.717, 1.165) is 0 Å². The van der Waals surface area contributed by atoms with Gasteiger partial charge in [-0.3, -0.25) is 0 Å². The third kappa shape index (κ3) is 2.71. The fraction of sp³-hybridized carbons (Fsp3) is 0.200. The molecular weight excluding hydrogens is 274 g/mol. The molecule has 0 aliphatic carbocycles. The molecule has 8 heteroatoms. The lowest BCUT2D eigenvalue weighted by molar-refractivity contribution is 0.414. The highest BCUT2D eigenvalue weighted by Crippen LogP contribution is 2.28. The third-order valence-electron chi connectivity index (χ3n) is 2.25. The van der Waals surface area contributed by atoms with Crippen LogP contribution >= 0.6 is 11.8 Å². The molecule has 1 atom stereocenters. The molecule has 2 N–H and O–H groups in total. The maximum Gasteiger partial charge on any atom is 0.276 e. The highest BCUT2D eigenvalue weighted by atomic mass is 32.2. The molecule has 0 amide bonds. The molecule has 0 saturated carbocycles. The fourth-order valence-electron chi connectivity index (χ4n) is 1.51. The van der Waals surface area contributed by atoms with Gasteiger partial charge < -0.3 is 4.42 Å². The Bertz CT molecular complexity index is 625. The molecule has 0 fully saturated rings. The smallest absolute Gasteiger partial charge is 0.276 e. The van der Waals surface area contributed by atoms with Crippen molar-refractivity contribution in [1.29, 1.82) is 0 Å². The summed E-state index contributed by atoms with van der Waals surface area (Å²) < 4.78 is 28.6. The van der Waals surface area contributed by atoms with Gasteiger partial charge in [0, 0.05) is 0 Å². The number of benzene rings is 1. The van der Waals surface area contributed by atoms with Gasteiger partial charge in [0.25, 0.3) is 5.22 Å². The van der Waals surface area contributed by atoms with Crippen molar-refractivity contribution in [3.8, 4) is 0 Å². The van der Waals surface area contributed by atoms with Crippen LogP contribution in [0.25, 0.3) is 0 Å². The lowest BCUT2D eigenvalue weighted by atomic mass is 10.1. The Morgan fingerprint density at radius 1 is 1.28 bits per heavy atom. The first-order valence-electron chi connectivity index (χ1n) is 4.96. The van der Waals surface area contributed by atoms with Crippen LogP contribution in [0.3, 0.4) is 0 Å². The van der Waals surface area contributed by atoms with Crippen LogP contribution < -0.4 is 5.14 Å². The van der Waals surface area contributed by atoms with E-state index in [1.165, 1.54) is 11.8 Å². The highest BCUT2D eigenvalue weighted by Gasteiger charge is 2.31. The molecular formula is C10H11N3O3S2. The van der Waals surface area contributed by atoms with E-state index in [2.05, 4.69) is 10.2 Å². The molecule has 2 aromatic rings. The Kier molecular flexibility index (Phi) is 3.69. The van der Waals surface area contributed by atoms with E-state index in [1.54, 1.807) is 36.6 Å². The summed E-state index contributed by atoms with van der Waals surface area (Å²) in [7, 11) is -3.87. The van der Waals surface area contributed by atoms with E-state index in [1.807, 2.05) is 0 Å². The van der Waals surface area contributed by atoms with E-state index >= 15 is 0 Å². The van der Waals surface area contributed by atoms with Gasteiger partial charge in [-0.25, -0.2) is 13.6 Å². The number of thioether (sulfide) groups is 1. The van der Waals surface area contributed by atoms with Crippen LogP contribution in [0.4, 0.5) is 0 Å². The zero-order valence-corrected chi connectivity index (χ0v) is 11.1. The van der Waals surface area contributed by atoms with Gasteiger partial charge >= 0.3 is 0 Å². The second kappa shape index (κ2) is 5.09. The molecule has 6 nitrogen and oxygen atoms in total. The van der Waals surface area contributed by atoms with Crippen molar-refractivity contribution >= 4 is 21.8 Å². The maximum absolute atomic E-state index is 11.7. The summed E-state index contributed by atoms with van der Waals surface area (Å²) in [5.74, 6) is -0.0203. The summed E-state index contributed by atoms with van der Waals surface area (Å²) in [6, 6.07) is 8.53. The number of aromatic nitrogens is 2. The van der Waals surface area contributed by atoms with Crippen LogP contribution in [-0.4, -0.2) is 24.9 Å². The Balaban J connectivity index is 2.51. The molecule has 0 bridgehead atoms. The van der Waals surface area contributed by atoms with Gasteiger partial charge in [-0.05, 0) is 11.8 Å². The summed E-state index contributed by atoms with van der Waals surface area (Å²) in [6.07, 6.45) is 1.76. The van der Waals surface area contributed by atoms with Gasteiger partial charge in [-0.2, -0.15) is 0 Å². The standard InChI is InChI=1S/C10H11N3O3S2/c1-17-10-13-12-9(16-10)8(18(11,14)15)7-5-3-2-4-6-7/h2-6,8H,1H3,(H2,11,14,15). The number of primary sulfonamides is 1. The number of nitrogens with two attached hydrogens (primary N) is 1. The molecule has 18 heavy (non-hydrogen) atoms. The van der Waals surface area contributed by atoms with Crippen molar-refractivity contribution in [3.05, 3.63) is 41.8 Å². The fourth-order valence-corrected chi connectivity index (χ4v) is 2.71. The molecule has 0 aliphatic heterocycles. The third-order valence-corrected chi connectivity index (χ3v) is 3.90. The van der Waals surface area contributed by atoms with Crippen molar-refractivity contribution in [2.45, 2.75) is 10.5 Å². The van der Waals surface area contributed by atoms with Gasteiger partial charge in [0.15, 0.2) is 5.25 Å². The molecule has 1 heterocycles. The average Bonchev–Trinajstić information content (AvgIpc) is 2.77. The Hall–Kier alpha value is -1.38. The molecule has 0 radical (unpaired) electrons. The lowest BCUT2D eigenvalue weighted by Crippen LogP contribution is -2.23. The molecule has 0 saturated heterocycles. The SMILES string of the molecule is CSc1nnc(C(c2ccccc2)S(N)(=O)=O)o1. The first kappa shape index (κ1) is 13.1. The first-order chi connectivity index (χ1) is 8.52. The van der Waals surface area contributed by atoms with Crippen molar-refractivity contribution in [1.82, 2.24) is 10.2 Å². The topological polar surface area (TPSA) is 99.1 Å². The molecule has 1 unspecified atom stereocenters. The van der Waals surface area contributed by atoms with Crippen LogP contribution in [-0.2, 0) is 10.0 Å². The summed E-state index contributed by atoms with van der Waals surface area (Å²) in [5, 5.41) is 11.9. The van der Waals surface area contributed by atoms with Crippen molar-refractivity contribution < 1.29 is 12.8 Å². The zero-order chi connectivity index (χ0) is 13.2. The average molecular weight is 285 g/mol. The quantitative estimate of drug-likeness (QED) is 0.846. The van der Waals surface area contributed by atoms with E-state index in [-0.39, 0.29) is 5.89 Å². The summed E-state index contributed by atoms with van der Waals surface area (Å²) >= 11 is 1.24. The minimum atomic E-state index is -3.87. The monoisotopic (exact) mass is 285 g/mol. The van der Waals surface area contributed by atoms with Gasteiger partial charge in [0.2, 0.25) is 15.9 Å². The summed E-state index contributed by atoms with van der Waals surface area (Å²) in [6.45, 7) is 0. The predicted molar refractivity (Wildman–Crippen MR) is 67.5 cm³/mol. The van der Waals surface area contributed by atoms with Crippen LogP contribution in [0.2, 0.25) is 0 Å². The van der Waals surface area contributed by atoms with Gasteiger partial charge in [0.1, 0.15) is 0 Å². The second-order valence-corrected chi connectivity index (χ2v) is 5.90. The van der Waals surface area contributed by atoms with Gasteiger partial charge in [0.05, 0.1) is 0 Å². The first-order valence-corrected chi connectivity index (χ1v) is 7.79. The van der Waals surface area contributed by atoms with Gasteiger partial charge in [-0.15, -0.1) is 10.2 Å². The summed E-state index contributed by atoms with van der Waals surface area (Å²) in [5.41, 5.74) is 0.497. The molecule has 2 rings (SSSR count). The van der Waals surface area contributed by atoms with E-state index in [4.69, 9.17) is 9.56 Å². The molecule has 1 aromatic heterocycles. The Morgan fingerprint density at radius 3 is 2.44 bits per heavy atom. The maximum atomic E-state index is 11.7. The number of sulfonamides is 1. The van der Waals surface area contributed by atoms with Crippen LogP contribution in [0.1, 0.15) is 16.7 Å². The van der Waals surface area contributed by atoms with Crippen LogP contribution in [0, 0.1) is 0 Å². The number of hydrogen-bond donors (Lipinski definition) is 1. The van der Waals surface area contributed by atoms with E-state index < -0.39 is 15.3 Å². The van der Waals surface area contributed by atoms with E-state index in [9.17, 15) is 8.42 Å². The van der Waals surface area contributed by atoms with Crippen molar-refractivity contribution in [2.24, 2.45) is 5.14 Å². The predicted octanol–water partition coefficient (Wildman–Crippen LogP) is 1.17. The molecule has 96 valence electrons. The molecule has 1 aromatic carbocycles. The number of nitrogens with zero attached hydrogens (tertiary/aromatic N) is 2. The van der Waals surface area contributed by atoms with Crippen molar-refractivity contribution in [2.75, 3.05) is 6.26 Å². The Labute approximate surface area is 109 Å². The Morgan fingerprint density at radius 2 is 1.94 bits per heavy atom. The highest BCUT2D eigenvalue weighted by molar-refractivity contribution is 7.98. The summed E-state index contributed by atoms with van der Waals surface area (Å²) in [4.78, 5) is 0. The number of rotatable bonds is 4. The van der Waals surface area contributed by atoms with Gasteiger partial charge in [-0.1, -0.05) is 42.1 Å². The van der Waals surface area contributed by atoms with Crippen LogP contribution in [0.5, 0.6) is 0 Å². The van der Waals surface area contributed by atoms with E-state index in [0.29, 0.717) is 10.8 Å². The molecule has 0 spiro atoms.